The van der Waals surface area contributed by atoms with E-state index >= 15 is 0 Å². The van der Waals surface area contributed by atoms with Crippen molar-refractivity contribution in [3.8, 4) is 5.75 Å². The van der Waals surface area contributed by atoms with Crippen LogP contribution in [0.2, 0.25) is 0 Å². The predicted octanol–water partition coefficient (Wildman–Crippen LogP) is 2.02. The number of benzene rings is 1. The SMILES string of the molecule is CCNC(=NCCOc1ccc(C)cc1)N1CC[C@@H](O)C1.I. The van der Waals surface area contributed by atoms with Crippen LogP contribution in [0.25, 0.3) is 0 Å². The first-order valence-corrected chi connectivity index (χ1v) is 7.60. The predicted molar refractivity (Wildman–Crippen MR) is 100 cm³/mol. The molecule has 1 aromatic rings. The van der Waals surface area contributed by atoms with Crippen molar-refractivity contribution in [3.05, 3.63) is 29.8 Å². The van der Waals surface area contributed by atoms with Gasteiger partial charge in [0.15, 0.2) is 5.96 Å². The third kappa shape index (κ3) is 6.00. The number of aliphatic hydroxyl groups excluding tert-OH is 1. The second-order valence-corrected chi connectivity index (χ2v) is 5.29. The Balaban J connectivity index is 0.00000242. The van der Waals surface area contributed by atoms with Crippen molar-refractivity contribution in [2.45, 2.75) is 26.4 Å². The number of halogens is 1. The van der Waals surface area contributed by atoms with E-state index in [9.17, 15) is 5.11 Å². The molecule has 1 saturated heterocycles. The zero-order chi connectivity index (χ0) is 15.1. The molecular weight excluding hydrogens is 393 g/mol. The lowest BCUT2D eigenvalue weighted by atomic mass is 10.2. The summed E-state index contributed by atoms with van der Waals surface area (Å²) in [4.78, 5) is 6.66. The van der Waals surface area contributed by atoms with Crippen molar-refractivity contribution in [1.82, 2.24) is 10.2 Å². The van der Waals surface area contributed by atoms with Gasteiger partial charge in [-0.15, -0.1) is 24.0 Å². The minimum Gasteiger partial charge on any atom is -0.492 e. The van der Waals surface area contributed by atoms with Gasteiger partial charge in [-0.25, -0.2) is 4.99 Å². The standard InChI is InChI=1S/C16H25N3O2.HI/c1-3-17-16(19-10-8-14(20)12-19)18-9-11-21-15-6-4-13(2)5-7-15;/h4-7,14,20H,3,8-12H2,1-2H3,(H,17,18);1H/t14-;/m1./s1. The highest BCUT2D eigenvalue weighted by Gasteiger charge is 2.22. The molecule has 22 heavy (non-hydrogen) atoms. The van der Waals surface area contributed by atoms with E-state index < -0.39 is 0 Å². The highest BCUT2D eigenvalue weighted by Crippen LogP contribution is 2.11. The fourth-order valence-corrected chi connectivity index (χ4v) is 2.31. The number of ether oxygens (including phenoxy) is 1. The Labute approximate surface area is 149 Å². The van der Waals surface area contributed by atoms with Gasteiger partial charge in [-0.1, -0.05) is 17.7 Å². The van der Waals surface area contributed by atoms with Crippen LogP contribution in [-0.2, 0) is 0 Å². The largest absolute Gasteiger partial charge is 0.492 e. The lowest BCUT2D eigenvalue weighted by Crippen LogP contribution is -2.40. The van der Waals surface area contributed by atoms with Gasteiger partial charge in [0.2, 0.25) is 0 Å². The van der Waals surface area contributed by atoms with E-state index in [-0.39, 0.29) is 30.1 Å². The summed E-state index contributed by atoms with van der Waals surface area (Å²) in [5.41, 5.74) is 1.22. The minimum absolute atomic E-state index is 0. The molecule has 1 fully saturated rings. The van der Waals surface area contributed by atoms with Gasteiger partial charge in [-0.3, -0.25) is 0 Å². The topological polar surface area (TPSA) is 57.1 Å². The zero-order valence-electron chi connectivity index (χ0n) is 13.3. The molecule has 0 spiro atoms. The number of hydrogen-bond donors (Lipinski definition) is 2. The van der Waals surface area contributed by atoms with Crippen LogP contribution in [0.1, 0.15) is 18.9 Å². The minimum atomic E-state index is -0.238. The molecule has 1 aliphatic heterocycles. The molecule has 0 saturated carbocycles. The number of nitrogens with zero attached hydrogens (tertiary/aromatic N) is 2. The summed E-state index contributed by atoms with van der Waals surface area (Å²) in [7, 11) is 0. The van der Waals surface area contributed by atoms with E-state index in [1.54, 1.807) is 0 Å². The lowest BCUT2D eigenvalue weighted by molar-refractivity contribution is 0.187. The highest BCUT2D eigenvalue weighted by molar-refractivity contribution is 14.0. The number of aliphatic hydroxyl groups is 1. The number of aryl methyl sites for hydroxylation is 1. The molecule has 1 aliphatic rings. The molecule has 0 unspecified atom stereocenters. The average Bonchev–Trinajstić information content (AvgIpc) is 2.91. The van der Waals surface area contributed by atoms with E-state index in [4.69, 9.17) is 4.74 Å². The molecule has 6 heteroatoms. The molecule has 1 heterocycles. The van der Waals surface area contributed by atoms with Gasteiger partial charge in [0.05, 0.1) is 12.6 Å². The van der Waals surface area contributed by atoms with E-state index in [0.717, 1.165) is 31.2 Å². The first kappa shape index (κ1) is 19.0. The maximum absolute atomic E-state index is 9.61. The number of likely N-dealkylation sites (tertiary alicyclic amines) is 1. The summed E-state index contributed by atoms with van der Waals surface area (Å²) >= 11 is 0. The van der Waals surface area contributed by atoms with Crippen molar-refractivity contribution in [2.75, 3.05) is 32.8 Å². The maximum atomic E-state index is 9.61. The van der Waals surface area contributed by atoms with Crippen LogP contribution in [0.4, 0.5) is 0 Å². The van der Waals surface area contributed by atoms with Crippen molar-refractivity contribution < 1.29 is 9.84 Å². The Hall–Kier alpha value is -1.02. The van der Waals surface area contributed by atoms with Crippen LogP contribution in [0.3, 0.4) is 0 Å². The van der Waals surface area contributed by atoms with Crippen LogP contribution in [0.5, 0.6) is 5.75 Å². The fourth-order valence-electron chi connectivity index (χ4n) is 2.31. The van der Waals surface area contributed by atoms with Gasteiger partial charge in [0, 0.05) is 19.6 Å². The number of nitrogens with one attached hydrogen (secondary N) is 1. The summed E-state index contributed by atoms with van der Waals surface area (Å²) in [5, 5.41) is 12.9. The lowest BCUT2D eigenvalue weighted by Gasteiger charge is -2.20. The van der Waals surface area contributed by atoms with Crippen LogP contribution < -0.4 is 10.1 Å². The second-order valence-electron chi connectivity index (χ2n) is 5.29. The molecule has 2 rings (SSSR count). The van der Waals surface area contributed by atoms with Gasteiger partial charge in [0.1, 0.15) is 12.4 Å². The van der Waals surface area contributed by atoms with E-state index in [0.29, 0.717) is 19.7 Å². The van der Waals surface area contributed by atoms with Gasteiger partial charge in [-0.05, 0) is 32.4 Å². The quantitative estimate of drug-likeness (QED) is 0.332. The van der Waals surface area contributed by atoms with E-state index in [1.807, 2.05) is 31.2 Å². The summed E-state index contributed by atoms with van der Waals surface area (Å²) in [6.45, 7) is 7.59. The molecule has 0 aromatic heterocycles. The number of hydrogen-bond acceptors (Lipinski definition) is 3. The van der Waals surface area contributed by atoms with Crippen molar-refractivity contribution >= 4 is 29.9 Å². The Morgan fingerprint density at radius 2 is 2.14 bits per heavy atom. The van der Waals surface area contributed by atoms with Crippen LogP contribution in [-0.4, -0.2) is 54.9 Å². The Kier molecular flexibility index (Phi) is 8.55. The van der Waals surface area contributed by atoms with Crippen LogP contribution in [0.15, 0.2) is 29.3 Å². The summed E-state index contributed by atoms with van der Waals surface area (Å²) in [5.74, 6) is 1.74. The Bertz CT molecular complexity index is 465. The second kappa shape index (κ2) is 9.89. The summed E-state index contributed by atoms with van der Waals surface area (Å²) in [6, 6.07) is 8.02. The van der Waals surface area contributed by atoms with Gasteiger partial charge in [-0.2, -0.15) is 0 Å². The number of aliphatic imine (C=N–C) groups is 1. The van der Waals surface area contributed by atoms with Crippen LogP contribution in [0, 0.1) is 6.92 Å². The Morgan fingerprint density at radius 1 is 1.41 bits per heavy atom. The first-order valence-electron chi connectivity index (χ1n) is 7.60. The molecular formula is C16H26IN3O2. The Morgan fingerprint density at radius 3 is 2.73 bits per heavy atom. The molecule has 0 aliphatic carbocycles. The van der Waals surface area contributed by atoms with E-state index in [1.165, 1.54) is 5.56 Å². The van der Waals surface area contributed by atoms with Crippen molar-refractivity contribution in [2.24, 2.45) is 4.99 Å². The normalized spacial score (nSPS) is 18.0. The highest BCUT2D eigenvalue weighted by atomic mass is 127. The maximum Gasteiger partial charge on any atom is 0.194 e. The van der Waals surface area contributed by atoms with Crippen molar-refractivity contribution in [3.63, 3.8) is 0 Å². The molecule has 1 atom stereocenters. The monoisotopic (exact) mass is 419 g/mol. The molecule has 2 N–H and O–H groups in total. The summed E-state index contributed by atoms with van der Waals surface area (Å²) in [6.07, 6.45) is 0.572. The zero-order valence-corrected chi connectivity index (χ0v) is 15.6. The first-order chi connectivity index (χ1) is 10.2. The summed E-state index contributed by atoms with van der Waals surface area (Å²) < 4.78 is 5.67. The van der Waals surface area contributed by atoms with E-state index in [2.05, 4.69) is 22.1 Å². The fraction of sp³-hybridized carbons (Fsp3) is 0.562. The molecule has 0 bridgehead atoms. The number of guanidine groups is 1. The van der Waals surface area contributed by atoms with Gasteiger partial charge >= 0.3 is 0 Å². The molecule has 5 nitrogen and oxygen atoms in total. The van der Waals surface area contributed by atoms with Crippen molar-refractivity contribution in [1.29, 1.82) is 0 Å². The molecule has 1 aromatic carbocycles. The van der Waals surface area contributed by atoms with Gasteiger partial charge < -0.3 is 20.1 Å². The van der Waals surface area contributed by atoms with Gasteiger partial charge in [0.25, 0.3) is 0 Å². The molecule has 0 radical (unpaired) electrons. The molecule has 0 amide bonds. The third-order valence-corrected chi connectivity index (χ3v) is 3.44. The number of rotatable bonds is 5. The smallest absolute Gasteiger partial charge is 0.194 e. The van der Waals surface area contributed by atoms with Crippen LogP contribution >= 0.6 is 24.0 Å². The molecule has 124 valence electrons. The number of β-amino-alcohol motifs (C(OH)–C–C–N with tert-alkyl or cyclic N) is 1. The average molecular weight is 419 g/mol. The third-order valence-electron chi connectivity index (χ3n) is 3.44.